The van der Waals surface area contributed by atoms with Gasteiger partial charge in [-0.1, -0.05) is 13.8 Å². The van der Waals surface area contributed by atoms with E-state index in [1.165, 1.54) is 4.90 Å². The highest BCUT2D eigenvalue weighted by Crippen LogP contribution is 2.06. The number of carbonyl (C=O) groups is 3. The molecule has 1 atom stereocenters. The normalized spacial score (nSPS) is 17.6. The van der Waals surface area contributed by atoms with E-state index in [4.69, 9.17) is 5.11 Å². The monoisotopic (exact) mass is 271 g/mol. The first-order chi connectivity index (χ1) is 8.90. The second kappa shape index (κ2) is 6.96. The molecule has 108 valence electrons. The number of carboxylic acids is 1. The Morgan fingerprint density at radius 2 is 2.16 bits per heavy atom. The number of rotatable bonds is 4. The van der Waals surface area contributed by atoms with E-state index in [1.54, 1.807) is 0 Å². The van der Waals surface area contributed by atoms with Crippen LogP contribution in [0.1, 0.15) is 26.7 Å². The molecule has 0 radical (unpaired) electrons. The number of nitrogens with zero attached hydrogens (tertiary/aromatic N) is 1. The number of carbonyl (C=O) groups excluding carboxylic acids is 2. The molecule has 1 rings (SSSR count). The summed E-state index contributed by atoms with van der Waals surface area (Å²) >= 11 is 0. The smallest absolute Gasteiger partial charge is 0.326 e. The van der Waals surface area contributed by atoms with Gasteiger partial charge in [-0.15, -0.1) is 0 Å². The Bertz CT molecular complexity index is 357. The van der Waals surface area contributed by atoms with Crippen molar-refractivity contribution in [2.75, 3.05) is 19.6 Å². The van der Waals surface area contributed by atoms with Crippen molar-refractivity contribution in [1.29, 1.82) is 0 Å². The Morgan fingerprint density at radius 3 is 2.74 bits per heavy atom. The maximum atomic E-state index is 12.0. The molecule has 19 heavy (non-hydrogen) atoms. The van der Waals surface area contributed by atoms with Gasteiger partial charge in [0, 0.05) is 13.1 Å². The molecule has 0 aromatic heterocycles. The van der Waals surface area contributed by atoms with Crippen molar-refractivity contribution in [3.63, 3.8) is 0 Å². The van der Waals surface area contributed by atoms with Gasteiger partial charge in [-0.05, 0) is 18.8 Å². The van der Waals surface area contributed by atoms with Crippen LogP contribution in [-0.2, 0) is 9.59 Å². The Balaban J connectivity index is 2.59. The van der Waals surface area contributed by atoms with Gasteiger partial charge in [0.1, 0.15) is 12.6 Å². The predicted octanol–water partition coefficient (Wildman–Crippen LogP) is 0.0172. The molecule has 0 saturated carbocycles. The molecular formula is C12H21N3O4. The molecule has 7 nitrogen and oxygen atoms in total. The van der Waals surface area contributed by atoms with E-state index in [0.29, 0.717) is 25.9 Å². The van der Waals surface area contributed by atoms with E-state index in [2.05, 4.69) is 10.6 Å². The van der Waals surface area contributed by atoms with Crippen LogP contribution in [0.2, 0.25) is 0 Å². The third-order valence-corrected chi connectivity index (χ3v) is 2.85. The summed E-state index contributed by atoms with van der Waals surface area (Å²) < 4.78 is 0. The predicted molar refractivity (Wildman–Crippen MR) is 68.6 cm³/mol. The second-order valence-corrected chi connectivity index (χ2v) is 5.09. The zero-order chi connectivity index (χ0) is 14.4. The second-order valence-electron chi connectivity index (χ2n) is 5.09. The number of nitrogens with one attached hydrogen (secondary N) is 2. The summed E-state index contributed by atoms with van der Waals surface area (Å²) in [6.45, 7) is 4.73. The number of carboxylic acid groups (broad SMARTS) is 1. The van der Waals surface area contributed by atoms with Gasteiger partial charge >= 0.3 is 12.0 Å². The van der Waals surface area contributed by atoms with Crippen LogP contribution < -0.4 is 10.6 Å². The molecule has 1 aliphatic rings. The molecule has 1 saturated heterocycles. The summed E-state index contributed by atoms with van der Waals surface area (Å²) in [5.41, 5.74) is 0. The summed E-state index contributed by atoms with van der Waals surface area (Å²) in [5, 5.41) is 14.2. The van der Waals surface area contributed by atoms with E-state index >= 15 is 0 Å². The lowest BCUT2D eigenvalue weighted by Gasteiger charge is -2.23. The molecular weight excluding hydrogens is 250 g/mol. The minimum Gasteiger partial charge on any atom is -0.480 e. The highest BCUT2D eigenvalue weighted by molar-refractivity contribution is 5.86. The number of amides is 3. The number of hydrogen-bond donors (Lipinski definition) is 3. The zero-order valence-corrected chi connectivity index (χ0v) is 11.3. The van der Waals surface area contributed by atoms with E-state index in [1.807, 2.05) is 13.8 Å². The third kappa shape index (κ3) is 5.15. The Hall–Kier alpha value is -1.79. The summed E-state index contributed by atoms with van der Waals surface area (Å²) in [6.07, 6.45) is 1.03. The summed E-state index contributed by atoms with van der Waals surface area (Å²) in [7, 11) is 0. The van der Waals surface area contributed by atoms with Crippen molar-refractivity contribution in [3.8, 4) is 0 Å². The molecule has 0 aromatic rings. The first-order valence-corrected chi connectivity index (χ1v) is 6.45. The van der Waals surface area contributed by atoms with E-state index in [0.717, 1.165) is 0 Å². The quantitative estimate of drug-likeness (QED) is 0.671. The van der Waals surface area contributed by atoms with Crippen LogP contribution >= 0.6 is 0 Å². The van der Waals surface area contributed by atoms with Crippen molar-refractivity contribution in [1.82, 2.24) is 15.5 Å². The fraction of sp³-hybridized carbons (Fsp3) is 0.750. The number of hydrogen-bond acceptors (Lipinski definition) is 3. The molecule has 0 unspecified atom stereocenters. The Labute approximate surface area is 112 Å². The summed E-state index contributed by atoms with van der Waals surface area (Å²) in [5.74, 6) is -1.11. The van der Waals surface area contributed by atoms with E-state index in [9.17, 15) is 14.4 Å². The minimum atomic E-state index is -1.05. The van der Waals surface area contributed by atoms with E-state index in [-0.39, 0.29) is 18.4 Å². The maximum absolute atomic E-state index is 12.0. The lowest BCUT2D eigenvalue weighted by Crippen LogP contribution is -2.50. The van der Waals surface area contributed by atoms with Gasteiger partial charge in [0.15, 0.2) is 0 Å². The van der Waals surface area contributed by atoms with Gasteiger partial charge in [0.25, 0.3) is 0 Å². The van der Waals surface area contributed by atoms with Crippen molar-refractivity contribution >= 4 is 17.9 Å². The van der Waals surface area contributed by atoms with Crippen LogP contribution in [0.15, 0.2) is 0 Å². The van der Waals surface area contributed by atoms with Gasteiger partial charge in [0.2, 0.25) is 5.91 Å². The van der Waals surface area contributed by atoms with Gasteiger partial charge in [-0.2, -0.15) is 0 Å². The first-order valence-electron chi connectivity index (χ1n) is 6.45. The fourth-order valence-electron chi connectivity index (χ4n) is 1.91. The van der Waals surface area contributed by atoms with Crippen LogP contribution in [0.25, 0.3) is 0 Å². The van der Waals surface area contributed by atoms with Crippen LogP contribution in [0.5, 0.6) is 0 Å². The van der Waals surface area contributed by atoms with Crippen molar-refractivity contribution in [2.24, 2.45) is 5.92 Å². The third-order valence-electron chi connectivity index (χ3n) is 2.85. The number of urea groups is 1. The maximum Gasteiger partial charge on any atom is 0.326 e. The molecule has 0 bridgehead atoms. The summed E-state index contributed by atoms with van der Waals surface area (Å²) in [4.78, 5) is 35.7. The molecule has 3 N–H and O–H groups in total. The molecule has 7 heteroatoms. The van der Waals surface area contributed by atoms with Gasteiger partial charge in [-0.3, -0.25) is 4.79 Å². The fourth-order valence-corrected chi connectivity index (χ4v) is 1.91. The lowest BCUT2D eigenvalue weighted by molar-refractivity contribution is -0.139. The largest absolute Gasteiger partial charge is 0.480 e. The Kier molecular flexibility index (Phi) is 5.59. The van der Waals surface area contributed by atoms with E-state index < -0.39 is 18.0 Å². The van der Waals surface area contributed by atoms with Gasteiger partial charge in [-0.25, -0.2) is 9.59 Å². The van der Waals surface area contributed by atoms with Crippen LogP contribution in [0.4, 0.5) is 4.79 Å². The molecule has 0 aromatic carbocycles. The SMILES string of the molecule is CC(C)C[C@@H](NC(=O)N1CCCNC(=O)C1)C(=O)O. The molecule has 3 amide bonds. The van der Waals surface area contributed by atoms with Crippen molar-refractivity contribution in [2.45, 2.75) is 32.7 Å². The summed E-state index contributed by atoms with van der Waals surface area (Å²) in [6, 6.07) is -1.41. The average Bonchev–Trinajstić information content (AvgIpc) is 2.52. The zero-order valence-electron chi connectivity index (χ0n) is 11.3. The molecule has 0 spiro atoms. The average molecular weight is 271 g/mol. The van der Waals surface area contributed by atoms with Crippen LogP contribution in [0, 0.1) is 5.92 Å². The molecule has 1 heterocycles. The van der Waals surface area contributed by atoms with Crippen LogP contribution in [-0.4, -0.2) is 53.6 Å². The molecule has 0 aliphatic carbocycles. The van der Waals surface area contributed by atoms with Crippen molar-refractivity contribution in [3.05, 3.63) is 0 Å². The minimum absolute atomic E-state index is 0.0279. The van der Waals surface area contributed by atoms with Gasteiger partial charge < -0.3 is 20.6 Å². The topological polar surface area (TPSA) is 98.7 Å². The highest BCUT2D eigenvalue weighted by atomic mass is 16.4. The van der Waals surface area contributed by atoms with Gasteiger partial charge in [0.05, 0.1) is 0 Å². The standard InChI is InChI=1S/C12H21N3O4/c1-8(2)6-9(11(17)18)14-12(19)15-5-3-4-13-10(16)7-15/h8-9H,3-7H2,1-2H3,(H,13,16)(H,14,19)(H,17,18)/t9-/m1/s1. The highest BCUT2D eigenvalue weighted by Gasteiger charge is 2.25. The first kappa shape index (κ1) is 15.3. The number of aliphatic carboxylic acids is 1. The Morgan fingerprint density at radius 1 is 1.47 bits per heavy atom. The lowest BCUT2D eigenvalue weighted by atomic mass is 10.0. The van der Waals surface area contributed by atoms with Crippen molar-refractivity contribution < 1.29 is 19.5 Å². The molecule has 1 fully saturated rings. The van der Waals surface area contributed by atoms with Crippen LogP contribution in [0.3, 0.4) is 0 Å². The molecule has 1 aliphatic heterocycles.